The fraction of sp³-hybridized carbons (Fsp3) is 0.562. The zero-order chi connectivity index (χ0) is 15.5. The summed E-state index contributed by atoms with van der Waals surface area (Å²) in [5, 5.41) is 3.87. The van der Waals surface area contributed by atoms with Gasteiger partial charge >= 0.3 is 5.97 Å². The van der Waals surface area contributed by atoms with E-state index in [0.717, 1.165) is 23.7 Å². The zero-order valence-electron chi connectivity index (χ0n) is 12.7. The maximum Gasteiger partial charge on any atom is 0.322 e. The molecule has 0 spiro atoms. The van der Waals surface area contributed by atoms with Crippen molar-refractivity contribution < 1.29 is 14.3 Å². The number of methoxy groups -OCH3 is 1. The molecule has 0 heterocycles. The molecule has 0 saturated heterocycles. The quantitative estimate of drug-likeness (QED) is 0.516. The van der Waals surface area contributed by atoms with Gasteiger partial charge in [0.2, 0.25) is 0 Å². The third kappa shape index (κ3) is 7.07. The van der Waals surface area contributed by atoms with Crippen LogP contribution < -0.4 is 5.32 Å². The lowest BCUT2D eigenvalue weighted by Crippen LogP contribution is -2.36. The second-order valence-electron chi connectivity index (χ2n) is 4.84. The van der Waals surface area contributed by atoms with E-state index < -0.39 is 0 Å². The summed E-state index contributed by atoms with van der Waals surface area (Å²) < 4.78 is 10.7. The number of benzene rings is 1. The van der Waals surface area contributed by atoms with Gasteiger partial charge in [-0.3, -0.25) is 4.79 Å². The standard InChI is InChI=1S/C16H24BrNO3/c1-18-15(16(19)20-2)9-8-14(10-11-17)21-12-13-6-4-3-5-7-13/h3-7,14-15,18H,8-12H2,1-2H3/t14?,15-/m0/s1. The molecule has 0 aromatic heterocycles. The zero-order valence-corrected chi connectivity index (χ0v) is 14.3. The number of hydrogen-bond acceptors (Lipinski definition) is 4. The van der Waals surface area contributed by atoms with Crippen LogP contribution in [0.1, 0.15) is 24.8 Å². The van der Waals surface area contributed by atoms with Crippen LogP contribution in [0.5, 0.6) is 0 Å². The highest BCUT2D eigenvalue weighted by Crippen LogP contribution is 2.14. The molecule has 21 heavy (non-hydrogen) atoms. The minimum absolute atomic E-state index is 0.130. The van der Waals surface area contributed by atoms with Crippen molar-refractivity contribution in [2.24, 2.45) is 0 Å². The van der Waals surface area contributed by atoms with Gasteiger partial charge in [-0.25, -0.2) is 0 Å². The topological polar surface area (TPSA) is 47.6 Å². The molecule has 0 bridgehead atoms. The molecule has 118 valence electrons. The van der Waals surface area contributed by atoms with Crippen molar-refractivity contribution >= 4 is 21.9 Å². The van der Waals surface area contributed by atoms with E-state index in [2.05, 4.69) is 33.4 Å². The Hall–Kier alpha value is -0.910. The minimum atomic E-state index is -0.270. The molecule has 1 N–H and O–H groups in total. The van der Waals surface area contributed by atoms with E-state index in [1.54, 1.807) is 7.05 Å². The van der Waals surface area contributed by atoms with Gasteiger partial charge in [-0.15, -0.1) is 0 Å². The molecule has 1 unspecified atom stereocenters. The average Bonchev–Trinajstić information content (AvgIpc) is 2.53. The number of rotatable bonds is 10. The Kier molecular flexibility index (Phi) is 9.30. The van der Waals surface area contributed by atoms with Gasteiger partial charge in [0, 0.05) is 5.33 Å². The van der Waals surface area contributed by atoms with Crippen LogP contribution in [-0.4, -0.2) is 37.6 Å². The van der Waals surface area contributed by atoms with Gasteiger partial charge < -0.3 is 14.8 Å². The Morgan fingerprint density at radius 1 is 1.24 bits per heavy atom. The molecule has 0 aliphatic rings. The Labute approximate surface area is 135 Å². The molecule has 0 fully saturated rings. The fourth-order valence-corrected chi connectivity index (χ4v) is 2.61. The molecule has 1 aromatic carbocycles. The molecule has 1 rings (SSSR count). The number of carbonyl (C=O) groups excluding carboxylic acids is 1. The van der Waals surface area contributed by atoms with E-state index in [9.17, 15) is 4.79 Å². The smallest absolute Gasteiger partial charge is 0.322 e. The van der Waals surface area contributed by atoms with E-state index in [1.165, 1.54) is 7.11 Å². The van der Waals surface area contributed by atoms with Crippen molar-refractivity contribution in [3.8, 4) is 0 Å². The largest absolute Gasteiger partial charge is 0.468 e. The molecular formula is C16H24BrNO3. The molecule has 4 nitrogen and oxygen atoms in total. The van der Waals surface area contributed by atoms with Crippen LogP contribution >= 0.6 is 15.9 Å². The summed E-state index contributed by atoms with van der Waals surface area (Å²) in [4.78, 5) is 11.6. The summed E-state index contributed by atoms with van der Waals surface area (Å²) in [6.07, 6.45) is 2.57. The first-order valence-electron chi connectivity index (χ1n) is 7.17. The molecule has 5 heteroatoms. The van der Waals surface area contributed by atoms with Gasteiger partial charge in [0.1, 0.15) is 6.04 Å². The van der Waals surface area contributed by atoms with Crippen molar-refractivity contribution in [1.82, 2.24) is 5.32 Å². The van der Waals surface area contributed by atoms with E-state index in [1.807, 2.05) is 18.2 Å². The van der Waals surface area contributed by atoms with E-state index in [4.69, 9.17) is 9.47 Å². The highest BCUT2D eigenvalue weighted by Gasteiger charge is 2.19. The van der Waals surface area contributed by atoms with Crippen molar-refractivity contribution in [3.63, 3.8) is 0 Å². The number of likely N-dealkylation sites (N-methyl/N-ethyl adjacent to an activating group) is 1. The third-order valence-corrected chi connectivity index (χ3v) is 3.83. The number of halogens is 1. The predicted molar refractivity (Wildman–Crippen MR) is 87.5 cm³/mol. The number of esters is 1. The first-order chi connectivity index (χ1) is 10.2. The number of ether oxygens (including phenoxy) is 2. The van der Waals surface area contributed by atoms with Gasteiger partial charge in [0.25, 0.3) is 0 Å². The van der Waals surface area contributed by atoms with Gasteiger partial charge in [0.05, 0.1) is 19.8 Å². The summed E-state index contributed by atoms with van der Waals surface area (Å²) in [5.74, 6) is -0.224. The summed E-state index contributed by atoms with van der Waals surface area (Å²) >= 11 is 3.46. The molecule has 0 aliphatic carbocycles. The van der Waals surface area contributed by atoms with E-state index in [0.29, 0.717) is 13.0 Å². The summed E-state index contributed by atoms with van der Waals surface area (Å²) in [6.45, 7) is 0.598. The predicted octanol–water partition coefficient (Wildman–Crippen LogP) is 2.90. The molecule has 0 saturated carbocycles. The third-order valence-electron chi connectivity index (χ3n) is 3.37. The Morgan fingerprint density at radius 2 is 1.95 bits per heavy atom. The maximum absolute atomic E-state index is 11.6. The van der Waals surface area contributed by atoms with Crippen molar-refractivity contribution in [2.45, 2.75) is 38.0 Å². The van der Waals surface area contributed by atoms with Gasteiger partial charge in [-0.2, -0.15) is 0 Å². The van der Waals surface area contributed by atoms with Crippen molar-refractivity contribution in [2.75, 3.05) is 19.5 Å². The number of carbonyl (C=O) groups is 1. The second kappa shape index (κ2) is 10.8. The summed E-state index contributed by atoms with van der Waals surface area (Å²) in [7, 11) is 3.18. The SMILES string of the molecule is CN[C@@H](CCC(CCBr)OCc1ccccc1)C(=O)OC. The van der Waals surface area contributed by atoms with Gasteiger partial charge in [-0.1, -0.05) is 46.3 Å². The fourth-order valence-electron chi connectivity index (χ4n) is 2.10. The van der Waals surface area contributed by atoms with Crippen LogP contribution in [-0.2, 0) is 20.9 Å². The summed E-state index contributed by atoms with van der Waals surface area (Å²) in [5.41, 5.74) is 1.16. The lowest BCUT2D eigenvalue weighted by Gasteiger charge is -2.20. The average molecular weight is 358 g/mol. The lowest BCUT2D eigenvalue weighted by atomic mass is 10.1. The van der Waals surface area contributed by atoms with E-state index >= 15 is 0 Å². The maximum atomic E-state index is 11.6. The molecule has 0 aliphatic heterocycles. The van der Waals surface area contributed by atoms with Gasteiger partial charge in [0.15, 0.2) is 0 Å². The van der Waals surface area contributed by atoms with Crippen LogP contribution in [0.25, 0.3) is 0 Å². The number of alkyl halides is 1. The molecule has 2 atom stereocenters. The van der Waals surface area contributed by atoms with Crippen LogP contribution in [0.4, 0.5) is 0 Å². The number of hydrogen-bond donors (Lipinski definition) is 1. The molecule has 0 radical (unpaired) electrons. The van der Waals surface area contributed by atoms with Crippen LogP contribution in [0.3, 0.4) is 0 Å². The van der Waals surface area contributed by atoms with Crippen LogP contribution in [0.2, 0.25) is 0 Å². The highest BCUT2D eigenvalue weighted by atomic mass is 79.9. The van der Waals surface area contributed by atoms with Crippen LogP contribution in [0, 0.1) is 0 Å². The minimum Gasteiger partial charge on any atom is -0.468 e. The van der Waals surface area contributed by atoms with Crippen molar-refractivity contribution in [1.29, 1.82) is 0 Å². The number of nitrogens with one attached hydrogen (secondary N) is 1. The lowest BCUT2D eigenvalue weighted by molar-refractivity contribution is -0.143. The highest BCUT2D eigenvalue weighted by molar-refractivity contribution is 9.09. The molecular weight excluding hydrogens is 334 g/mol. The Morgan fingerprint density at radius 3 is 2.52 bits per heavy atom. The normalized spacial score (nSPS) is 13.7. The Bertz CT molecular complexity index is 400. The molecule has 0 amide bonds. The first-order valence-corrected chi connectivity index (χ1v) is 8.30. The van der Waals surface area contributed by atoms with Gasteiger partial charge in [-0.05, 0) is 31.9 Å². The van der Waals surface area contributed by atoms with Crippen molar-refractivity contribution in [3.05, 3.63) is 35.9 Å². The van der Waals surface area contributed by atoms with Crippen LogP contribution in [0.15, 0.2) is 30.3 Å². The van der Waals surface area contributed by atoms with E-state index in [-0.39, 0.29) is 18.1 Å². The summed E-state index contributed by atoms with van der Waals surface area (Å²) in [6, 6.07) is 9.84. The first kappa shape index (κ1) is 18.1. The Balaban J connectivity index is 2.43. The second-order valence-corrected chi connectivity index (χ2v) is 5.63. The molecule has 1 aromatic rings. The monoisotopic (exact) mass is 357 g/mol.